The molecule has 0 saturated heterocycles. The van der Waals surface area contributed by atoms with Crippen molar-refractivity contribution >= 4 is 23.2 Å². The minimum absolute atomic E-state index is 0.270. The van der Waals surface area contributed by atoms with E-state index in [-0.39, 0.29) is 5.91 Å². The van der Waals surface area contributed by atoms with Crippen LogP contribution in [0.25, 0.3) is 5.69 Å². The number of halogens is 1. The standard InChI is InChI=1S/C15H12ClN5O2/c1-23-14-7-10(5-6-13(14)21-9-17-19-20-21)15(22)18-12-4-2-3-11(16)8-12/h2-9H,1H3,(H,18,22). The van der Waals surface area contributed by atoms with Crippen LogP contribution in [0.3, 0.4) is 0 Å². The minimum atomic E-state index is -0.270. The summed E-state index contributed by atoms with van der Waals surface area (Å²) in [6, 6.07) is 11.9. The molecule has 23 heavy (non-hydrogen) atoms. The summed E-state index contributed by atoms with van der Waals surface area (Å²) in [4.78, 5) is 12.3. The van der Waals surface area contributed by atoms with Gasteiger partial charge in [0.25, 0.3) is 5.91 Å². The molecule has 0 atom stereocenters. The van der Waals surface area contributed by atoms with Gasteiger partial charge >= 0.3 is 0 Å². The van der Waals surface area contributed by atoms with E-state index in [1.54, 1.807) is 42.5 Å². The van der Waals surface area contributed by atoms with Crippen LogP contribution in [0.4, 0.5) is 5.69 Å². The van der Waals surface area contributed by atoms with E-state index in [1.807, 2.05) is 0 Å². The average Bonchev–Trinajstić information content (AvgIpc) is 3.08. The van der Waals surface area contributed by atoms with Crippen LogP contribution in [0, 0.1) is 0 Å². The normalized spacial score (nSPS) is 10.3. The van der Waals surface area contributed by atoms with Crippen molar-refractivity contribution < 1.29 is 9.53 Å². The van der Waals surface area contributed by atoms with E-state index in [4.69, 9.17) is 16.3 Å². The van der Waals surface area contributed by atoms with Crippen molar-refractivity contribution in [2.45, 2.75) is 0 Å². The van der Waals surface area contributed by atoms with Gasteiger partial charge < -0.3 is 10.1 Å². The summed E-state index contributed by atoms with van der Waals surface area (Å²) in [5, 5.41) is 14.3. The first-order chi connectivity index (χ1) is 11.2. The molecular weight excluding hydrogens is 318 g/mol. The van der Waals surface area contributed by atoms with Gasteiger partial charge in [0.15, 0.2) is 0 Å². The van der Waals surface area contributed by atoms with Gasteiger partial charge in [0, 0.05) is 16.3 Å². The van der Waals surface area contributed by atoms with Gasteiger partial charge in [0.05, 0.1) is 7.11 Å². The Labute approximate surface area is 136 Å². The molecule has 0 aliphatic carbocycles. The molecule has 8 heteroatoms. The maximum absolute atomic E-state index is 12.3. The molecule has 0 unspecified atom stereocenters. The van der Waals surface area contributed by atoms with Gasteiger partial charge in [-0.15, -0.1) is 5.10 Å². The van der Waals surface area contributed by atoms with Gasteiger partial charge in [-0.05, 0) is 46.8 Å². The Morgan fingerprint density at radius 2 is 2.13 bits per heavy atom. The third-order valence-corrected chi connectivity index (χ3v) is 3.36. The molecule has 0 spiro atoms. The zero-order valence-corrected chi connectivity index (χ0v) is 12.9. The number of ether oxygens (including phenoxy) is 1. The second-order valence-electron chi connectivity index (χ2n) is 4.61. The summed E-state index contributed by atoms with van der Waals surface area (Å²) >= 11 is 5.91. The number of rotatable bonds is 4. The lowest BCUT2D eigenvalue weighted by atomic mass is 10.1. The first-order valence-electron chi connectivity index (χ1n) is 6.65. The lowest BCUT2D eigenvalue weighted by Gasteiger charge is -2.10. The fourth-order valence-electron chi connectivity index (χ4n) is 2.05. The SMILES string of the molecule is COc1cc(C(=O)Nc2cccc(Cl)c2)ccc1-n1cnnn1. The molecule has 3 rings (SSSR count). The van der Waals surface area contributed by atoms with Crippen molar-refractivity contribution in [3.05, 3.63) is 59.4 Å². The lowest BCUT2D eigenvalue weighted by Crippen LogP contribution is -2.12. The third kappa shape index (κ3) is 3.29. The molecule has 7 nitrogen and oxygen atoms in total. The van der Waals surface area contributed by atoms with Gasteiger partial charge in [0.1, 0.15) is 17.8 Å². The van der Waals surface area contributed by atoms with Crippen molar-refractivity contribution in [1.82, 2.24) is 20.2 Å². The highest BCUT2D eigenvalue weighted by atomic mass is 35.5. The third-order valence-electron chi connectivity index (χ3n) is 3.12. The van der Waals surface area contributed by atoms with Crippen LogP contribution in [-0.2, 0) is 0 Å². The Morgan fingerprint density at radius 3 is 2.83 bits per heavy atom. The first kappa shape index (κ1) is 15.0. The van der Waals surface area contributed by atoms with Crippen LogP contribution >= 0.6 is 11.6 Å². The first-order valence-corrected chi connectivity index (χ1v) is 7.03. The van der Waals surface area contributed by atoms with E-state index < -0.39 is 0 Å². The molecule has 0 aliphatic heterocycles. The molecule has 1 amide bonds. The van der Waals surface area contributed by atoms with Crippen LogP contribution in [0.2, 0.25) is 5.02 Å². The summed E-state index contributed by atoms with van der Waals surface area (Å²) < 4.78 is 6.77. The maximum Gasteiger partial charge on any atom is 0.255 e. The van der Waals surface area contributed by atoms with Gasteiger partial charge in [-0.3, -0.25) is 4.79 Å². The van der Waals surface area contributed by atoms with E-state index in [1.165, 1.54) is 18.1 Å². The molecule has 1 heterocycles. The fraction of sp³-hybridized carbons (Fsp3) is 0.0667. The quantitative estimate of drug-likeness (QED) is 0.795. The summed E-state index contributed by atoms with van der Waals surface area (Å²) in [6.45, 7) is 0. The number of anilines is 1. The van der Waals surface area contributed by atoms with Crippen molar-refractivity contribution in [3.63, 3.8) is 0 Å². The largest absolute Gasteiger partial charge is 0.494 e. The lowest BCUT2D eigenvalue weighted by molar-refractivity contribution is 0.102. The Morgan fingerprint density at radius 1 is 1.26 bits per heavy atom. The van der Waals surface area contributed by atoms with Crippen LogP contribution in [0.5, 0.6) is 5.75 Å². The van der Waals surface area contributed by atoms with Crippen LogP contribution in [0.1, 0.15) is 10.4 Å². The topological polar surface area (TPSA) is 81.9 Å². The molecule has 1 N–H and O–H groups in total. The number of methoxy groups -OCH3 is 1. The minimum Gasteiger partial charge on any atom is -0.494 e. The van der Waals surface area contributed by atoms with Gasteiger partial charge in [-0.2, -0.15) is 4.68 Å². The zero-order chi connectivity index (χ0) is 16.2. The average molecular weight is 330 g/mol. The van der Waals surface area contributed by atoms with Crippen LogP contribution in [-0.4, -0.2) is 33.2 Å². The van der Waals surface area contributed by atoms with Crippen molar-refractivity contribution in [3.8, 4) is 11.4 Å². The summed E-state index contributed by atoms with van der Waals surface area (Å²) in [6.07, 6.45) is 1.45. The molecule has 3 aromatic rings. The highest BCUT2D eigenvalue weighted by Gasteiger charge is 2.12. The second-order valence-corrected chi connectivity index (χ2v) is 5.04. The second kappa shape index (κ2) is 6.45. The predicted molar refractivity (Wildman–Crippen MR) is 85.1 cm³/mol. The zero-order valence-electron chi connectivity index (χ0n) is 12.1. The number of carbonyl (C=O) groups is 1. The van der Waals surface area contributed by atoms with Crippen LogP contribution < -0.4 is 10.1 Å². The highest BCUT2D eigenvalue weighted by molar-refractivity contribution is 6.30. The molecule has 2 aromatic carbocycles. The Balaban J connectivity index is 1.87. The number of nitrogens with zero attached hydrogens (tertiary/aromatic N) is 4. The molecule has 0 aliphatic rings. The van der Waals surface area contributed by atoms with Crippen LogP contribution in [0.15, 0.2) is 48.8 Å². The number of aromatic nitrogens is 4. The fourth-order valence-corrected chi connectivity index (χ4v) is 2.24. The van der Waals surface area contributed by atoms with E-state index in [9.17, 15) is 4.79 Å². The van der Waals surface area contributed by atoms with E-state index >= 15 is 0 Å². The van der Waals surface area contributed by atoms with Gasteiger partial charge in [-0.1, -0.05) is 17.7 Å². The number of amides is 1. The smallest absolute Gasteiger partial charge is 0.255 e. The van der Waals surface area contributed by atoms with Crippen molar-refractivity contribution in [2.75, 3.05) is 12.4 Å². The van der Waals surface area contributed by atoms with E-state index in [0.29, 0.717) is 27.7 Å². The molecule has 0 saturated carbocycles. The van der Waals surface area contributed by atoms with Crippen molar-refractivity contribution in [2.24, 2.45) is 0 Å². The molecule has 116 valence electrons. The van der Waals surface area contributed by atoms with Gasteiger partial charge in [0.2, 0.25) is 0 Å². The number of hydrogen-bond donors (Lipinski definition) is 1. The number of hydrogen-bond acceptors (Lipinski definition) is 5. The number of carbonyl (C=O) groups excluding carboxylic acids is 1. The number of nitrogens with one attached hydrogen (secondary N) is 1. The number of benzene rings is 2. The van der Waals surface area contributed by atoms with E-state index in [2.05, 4.69) is 20.8 Å². The van der Waals surface area contributed by atoms with E-state index in [0.717, 1.165) is 0 Å². The summed E-state index contributed by atoms with van der Waals surface area (Å²) in [5.74, 6) is 0.213. The molecular formula is C15H12ClN5O2. The summed E-state index contributed by atoms with van der Waals surface area (Å²) in [7, 11) is 1.52. The van der Waals surface area contributed by atoms with Gasteiger partial charge in [-0.25, -0.2) is 0 Å². The molecule has 1 aromatic heterocycles. The molecule has 0 fully saturated rings. The number of tetrazole rings is 1. The molecule has 0 bridgehead atoms. The summed E-state index contributed by atoms with van der Waals surface area (Å²) in [5.41, 5.74) is 1.70. The monoisotopic (exact) mass is 329 g/mol. The Hall–Kier alpha value is -2.93. The molecule has 0 radical (unpaired) electrons. The van der Waals surface area contributed by atoms with Crippen molar-refractivity contribution in [1.29, 1.82) is 0 Å². The Bertz CT molecular complexity index is 836. The highest BCUT2D eigenvalue weighted by Crippen LogP contribution is 2.24. The maximum atomic E-state index is 12.3. The predicted octanol–water partition coefficient (Wildman–Crippen LogP) is 2.58. The Kier molecular flexibility index (Phi) is 4.20.